The van der Waals surface area contributed by atoms with E-state index in [-0.39, 0.29) is 0 Å². The molecule has 1 fully saturated rings. The highest BCUT2D eigenvalue weighted by atomic mass is 15.1. The van der Waals surface area contributed by atoms with Crippen molar-refractivity contribution in [3.63, 3.8) is 0 Å². The zero-order valence-electron chi connectivity index (χ0n) is 8.66. The van der Waals surface area contributed by atoms with Crippen LogP contribution in [-0.2, 0) is 0 Å². The van der Waals surface area contributed by atoms with Crippen LogP contribution in [0.15, 0.2) is 0 Å². The Morgan fingerprint density at radius 2 is 2.00 bits per heavy atom. The smallest absolute Gasteiger partial charge is 0.0865 e. The summed E-state index contributed by atoms with van der Waals surface area (Å²) in [5, 5.41) is 8.53. The van der Waals surface area contributed by atoms with Crippen molar-refractivity contribution in [1.29, 1.82) is 5.26 Å². The van der Waals surface area contributed by atoms with Crippen LogP contribution < -0.4 is 0 Å². The third kappa shape index (κ3) is 3.75. The fourth-order valence-electron chi connectivity index (χ4n) is 1.94. The molecule has 0 aromatic heterocycles. The van der Waals surface area contributed by atoms with Gasteiger partial charge < -0.3 is 4.90 Å². The Hall–Kier alpha value is -0.590. The van der Waals surface area contributed by atoms with Crippen LogP contribution in [0.3, 0.4) is 0 Å². The van der Waals surface area contributed by atoms with E-state index in [0.29, 0.717) is 6.54 Å². The van der Waals surface area contributed by atoms with Crippen LogP contribution >= 0.6 is 0 Å². The number of nitriles is 1. The van der Waals surface area contributed by atoms with Gasteiger partial charge in [0.05, 0.1) is 12.6 Å². The summed E-state index contributed by atoms with van der Waals surface area (Å²) in [6, 6.07) is 2.21. The Kier molecular flexibility index (Phi) is 4.20. The molecule has 1 aliphatic heterocycles. The first-order chi connectivity index (χ1) is 6.22. The molecule has 1 aliphatic rings. The first kappa shape index (κ1) is 10.5. The third-order valence-electron chi connectivity index (χ3n) is 2.62. The second-order valence-corrected chi connectivity index (χ2v) is 4.14. The van der Waals surface area contributed by atoms with Crippen molar-refractivity contribution in [1.82, 2.24) is 9.80 Å². The summed E-state index contributed by atoms with van der Waals surface area (Å²) >= 11 is 0. The second-order valence-electron chi connectivity index (χ2n) is 4.14. The van der Waals surface area contributed by atoms with Crippen LogP contribution in [-0.4, -0.2) is 50.1 Å². The van der Waals surface area contributed by atoms with E-state index in [1.165, 1.54) is 19.4 Å². The molecule has 1 saturated heterocycles. The predicted octanol–water partition coefficient (Wildman–Crippen LogP) is 0.784. The van der Waals surface area contributed by atoms with Crippen LogP contribution in [0.5, 0.6) is 0 Å². The summed E-state index contributed by atoms with van der Waals surface area (Å²) in [5.74, 6) is 0.838. The Morgan fingerprint density at radius 3 is 2.46 bits per heavy atom. The van der Waals surface area contributed by atoms with Crippen molar-refractivity contribution in [3.05, 3.63) is 0 Å². The normalized spacial score (nSPS) is 20.5. The molecule has 1 heterocycles. The maximum absolute atomic E-state index is 8.53. The summed E-state index contributed by atoms with van der Waals surface area (Å²) in [5.41, 5.74) is 0. The molecular weight excluding hydrogens is 162 g/mol. The lowest BCUT2D eigenvalue weighted by Crippen LogP contribution is -2.37. The quantitative estimate of drug-likeness (QED) is 0.603. The van der Waals surface area contributed by atoms with Gasteiger partial charge in [0.2, 0.25) is 0 Å². The predicted molar refractivity (Wildman–Crippen MR) is 53.3 cm³/mol. The fourth-order valence-corrected chi connectivity index (χ4v) is 1.94. The average molecular weight is 181 g/mol. The molecule has 0 aromatic rings. The maximum Gasteiger partial charge on any atom is 0.0865 e. The molecule has 0 aromatic carbocycles. The van der Waals surface area contributed by atoms with Gasteiger partial charge in [0.15, 0.2) is 0 Å². The first-order valence-corrected chi connectivity index (χ1v) is 4.96. The Labute approximate surface area is 80.9 Å². The van der Waals surface area contributed by atoms with Gasteiger partial charge >= 0.3 is 0 Å². The molecule has 0 aliphatic carbocycles. The molecule has 3 heteroatoms. The fraction of sp³-hybridized carbons (Fsp3) is 0.900. The van der Waals surface area contributed by atoms with E-state index in [4.69, 9.17) is 5.26 Å². The van der Waals surface area contributed by atoms with Gasteiger partial charge in [0.25, 0.3) is 0 Å². The molecule has 0 N–H and O–H groups in total. The van der Waals surface area contributed by atoms with E-state index in [2.05, 4.69) is 30.0 Å². The number of hydrogen-bond donors (Lipinski definition) is 0. The number of piperidine rings is 1. The van der Waals surface area contributed by atoms with Crippen LogP contribution in [0.1, 0.15) is 12.8 Å². The summed E-state index contributed by atoms with van der Waals surface area (Å²) in [7, 11) is 4.25. The van der Waals surface area contributed by atoms with Gasteiger partial charge in [-0.05, 0) is 45.9 Å². The lowest BCUT2D eigenvalue weighted by atomic mass is 9.96. The standard InChI is InChI=1S/C10H19N3/c1-12(2)9-10-3-6-13(7-4-10)8-5-11/h10H,3-4,6-9H2,1-2H3. The summed E-state index contributed by atoms with van der Waals surface area (Å²) in [6.07, 6.45) is 2.50. The lowest BCUT2D eigenvalue weighted by Gasteiger charge is -2.31. The zero-order chi connectivity index (χ0) is 9.68. The number of rotatable bonds is 3. The summed E-state index contributed by atoms with van der Waals surface area (Å²) in [6.45, 7) is 4.01. The molecule has 0 spiro atoms. The number of likely N-dealkylation sites (tertiary alicyclic amines) is 1. The molecule has 0 bridgehead atoms. The number of hydrogen-bond acceptors (Lipinski definition) is 3. The van der Waals surface area contributed by atoms with Crippen molar-refractivity contribution in [2.75, 3.05) is 40.3 Å². The van der Waals surface area contributed by atoms with E-state index in [0.717, 1.165) is 19.0 Å². The van der Waals surface area contributed by atoms with E-state index >= 15 is 0 Å². The van der Waals surface area contributed by atoms with Gasteiger partial charge in [-0.25, -0.2) is 0 Å². The van der Waals surface area contributed by atoms with Crippen molar-refractivity contribution < 1.29 is 0 Å². The molecular formula is C10H19N3. The highest BCUT2D eigenvalue weighted by Gasteiger charge is 2.18. The monoisotopic (exact) mass is 181 g/mol. The molecule has 0 radical (unpaired) electrons. The summed E-state index contributed by atoms with van der Waals surface area (Å²) < 4.78 is 0. The van der Waals surface area contributed by atoms with E-state index < -0.39 is 0 Å². The van der Waals surface area contributed by atoms with Crippen LogP contribution in [0.25, 0.3) is 0 Å². The average Bonchev–Trinajstić information content (AvgIpc) is 2.08. The van der Waals surface area contributed by atoms with Crippen molar-refractivity contribution in [2.24, 2.45) is 5.92 Å². The van der Waals surface area contributed by atoms with Crippen LogP contribution in [0.2, 0.25) is 0 Å². The van der Waals surface area contributed by atoms with Crippen LogP contribution in [0, 0.1) is 17.2 Å². The van der Waals surface area contributed by atoms with Gasteiger partial charge in [-0.3, -0.25) is 4.90 Å². The molecule has 0 atom stereocenters. The van der Waals surface area contributed by atoms with E-state index in [9.17, 15) is 0 Å². The first-order valence-electron chi connectivity index (χ1n) is 4.96. The Balaban J connectivity index is 2.19. The van der Waals surface area contributed by atoms with E-state index in [1.807, 2.05) is 0 Å². The van der Waals surface area contributed by atoms with Gasteiger partial charge in [0, 0.05) is 6.54 Å². The molecule has 0 amide bonds. The third-order valence-corrected chi connectivity index (χ3v) is 2.62. The minimum atomic E-state index is 0.606. The van der Waals surface area contributed by atoms with Gasteiger partial charge in [-0.2, -0.15) is 5.26 Å². The van der Waals surface area contributed by atoms with Crippen molar-refractivity contribution >= 4 is 0 Å². The minimum Gasteiger partial charge on any atom is -0.309 e. The molecule has 1 rings (SSSR count). The molecule has 74 valence electrons. The zero-order valence-corrected chi connectivity index (χ0v) is 8.66. The SMILES string of the molecule is CN(C)CC1CCN(CC#N)CC1. The lowest BCUT2D eigenvalue weighted by molar-refractivity contribution is 0.176. The maximum atomic E-state index is 8.53. The molecule has 0 saturated carbocycles. The van der Waals surface area contributed by atoms with Crippen molar-refractivity contribution in [2.45, 2.75) is 12.8 Å². The van der Waals surface area contributed by atoms with Crippen molar-refractivity contribution in [3.8, 4) is 6.07 Å². The van der Waals surface area contributed by atoms with Gasteiger partial charge in [0.1, 0.15) is 0 Å². The topological polar surface area (TPSA) is 30.3 Å². The minimum absolute atomic E-state index is 0.606. The summed E-state index contributed by atoms with van der Waals surface area (Å²) in [4.78, 5) is 4.50. The molecule has 0 unspecified atom stereocenters. The number of nitrogens with zero attached hydrogens (tertiary/aromatic N) is 3. The van der Waals surface area contributed by atoms with Crippen LogP contribution in [0.4, 0.5) is 0 Å². The highest BCUT2D eigenvalue weighted by Crippen LogP contribution is 2.16. The Morgan fingerprint density at radius 1 is 1.38 bits per heavy atom. The molecule has 3 nitrogen and oxygen atoms in total. The highest BCUT2D eigenvalue weighted by molar-refractivity contribution is 4.81. The van der Waals surface area contributed by atoms with Gasteiger partial charge in [-0.15, -0.1) is 0 Å². The second kappa shape index (κ2) is 5.21. The molecule has 13 heavy (non-hydrogen) atoms. The Bertz CT molecular complexity index is 175. The van der Waals surface area contributed by atoms with Gasteiger partial charge in [-0.1, -0.05) is 0 Å². The largest absolute Gasteiger partial charge is 0.309 e. The van der Waals surface area contributed by atoms with E-state index in [1.54, 1.807) is 0 Å².